The number of hydrogen-bond donors (Lipinski definition) is 2. The maximum absolute atomic E-state index is 11.6. The van der Waals surface area contributed by atoms with E-state index in [1.165, 1.54) is 38.5 Å². The number of aromatic nitrogens is 2. The highest BCUT2D eigenvalue weighted by Gasteiger charge is 2.33. The molecule has 1 unspecified atom stereocenters. The molecule has 2 aliphatic rings. The van der Waals surface area contributed by atoms with Crippen molar-refractivity contribution < 1.29 is 4.79 Å². The van der Waals surface area contributed by atoms with E-state index >= 15 is 0 Å². The maximum atomic E-state index is 11.6. The number of primary amides is 1. The molecule has 2 aromatic rings. The van der Waals surface area contributed by atoms with Gasteiger partial charge in [0, 0.05) is 18.5 Å². The summed E-state index contributed by atoms with van der Waals surface area (Å²) in [5, 5.41) is 0. The van der Waals surface area contributed by atoms with Crippen LogP contribution in [0.3, 0.4) is 0 Å². The second-order valence-corrected chi connectivity index (χ2v) is 8.13. The smallest absolute Gasteiger partial charge is 0.250 e. The van der Waals surface area contributed by atoms with Crippen molar-refractivity contribution in [3.8, 4) is 0 Å². The van der Waals surface area contributed by atoms with Crippen LogP contribution in [0.5, 0.6) is 0 Å². The van der Waals surface area contributed by atoms with Gasteiger partial charge in [-0.15, -0.1) is 0 Å². The molecule has 1 saturated heterocycles. The molecule has 2 heterocycles. The monoisotopic (exact) mass is 354 g/mol. The molecule has 1 amide bonds. The third-order valence-corrected chi connectivity index (χ3v) is 6.44. The van der Waals surface area contributed by atoms with Gasteiger partial charge in [-0.3, -0.25) is 9.69 Å². The number of hydrogen-bond acceptors (Lipinski definition) is 3. The molecule has 5 heteroatoms. The molecule has 1 aliphatic heterocycles. The average Bonchev–Trinajstić information content (AvgIpc) is 3.29. The molecule has 0 bridgehead atoms. The minimum atomic E-state index is -0.400. The Bertz CT molecular complexity index is 775. The van der Waals surface area contributed by atoms with Gasteiger partial charge in [-0.2, -0.15) is 0 Å². The number of nitrogens with two attached hydrogens (primary N) is 1. The van der Waals surface area contributed by atoms with Gasteiger partial charge in [0.15, 0.2) is 0 Å². The Morgan fingerprint density at radius 2 is 2.08 bits per heavy atom. The Kier molecular flexibility index (Phi) is 4.98. The highest BCUT2D eigenvalue weighted by Crippen LogP contribution is 2.35. The predicted molar refractivity (Wildman–Crippen MR) is 104 cm³/mol. The zero-order valence-corrected chi connectivity index (χ0v) is 15.7. The molecule has 0 radical (unpaired) electrons. The molecule has 2 fully saturated rings. The van der Waals surface area contributed by atoms with Gasteiger partial charge < -0.3 is 10.7 Å². The van der Waals surface area contributed by atoms with E-state index < -0.39 is 5.91 Å². The molecule has 1 aromatic heterocycles. The number of fused-ring (bicyclic) bond motifs is 1. The van der Waals surface area contributed by atoms with E-state index in [4.69, 9.17) is 10.7 Å². The van der Waals surface area contributed by atoms with Gasteiger partial charge in [0.2, 0.25) is 0 Å². The van der Waals surface area contributed by atoms with Gasteiger partial charge in [-0.25, -0.2) is 4.98 Å². The molecule has 3 N–H and O–H groups in total. The topological polar surface area (TPSA) is 75.0 Å². The molecule has 1 atom stereocenters. The van der Waals surface area contributed by atoms with E-state index in [1.807, 2.05) is 12.1 Å². The fourth-order valence-corrected chi connectivity index (χ4v) is 5.00. The van der Waals surface area contributed by atoms with Crippen LogP contribution in [-0.2, 0) is 0 Å². The van der Waals surface area contributed by atoms with Crippen LogP contribution >= 0.6 is 0 Å². The molecular weight excluding hydrogens is 324 g/mol. The molecule has 26 heavy (non-hydrogen) atoms. The van der Waals surface area contributed by atoms with Crippen LogP contribution in [0.4, 0.5) is 0 Å². The van der Waals surface area contributed by atoms with Crippen LogP contribution in [0.25, 0.3) is 11.0 Å². The SMILES string of the molecule is CCC[C@H]1CC[C@H](N2CCC(c3nc4cccc(C(N)=O)c4[nH]3)C2)CC1. The lowest BCUT2D eigenvalue weighted by atomic mass is 9.83. The quantitative estimate of drug-likeness (QED) is 0.857. The predicted octanol–water partition coefficient (Wildman–Crippen LogP) is 3.81. The summed E-state index contributed by atoms with van der Waals surface area (Å²) in [5.41, 5.74) is 7.66. The van der Waals surface area contributed by atoms with Crippen molar-refractivity contribution in [2.75, 3.05) is 13.1 Å². The van der Waals surface area contributed by atoms with E-state index in [1.54, 1.807) is 6.07 Å². The third kappa shape index (κ3) is 3.37. The molecule has 1 aromatic carbocycles. The van der Waals surface area contributed by atoms with Crippen molar-refractivity contribution in [2.45, 2.75) is 63.8 Å². The first kappa shape index (κ1) is 17.5. The van der Waals surface area contributed by atoms with Crippen molar-refractivity contribution in [1.82, 2.24) is 14.9 Å². The number of carbonyl (C=O) groups is 1. The van der Waals surface area contributed by atoms with Gasteiger partial charge in [-0.1, -0.05) is 25.8 Å². The zero-order valence-electron chi connectivity index (χ0n) is 15.7. The summed E-state index contributed by atoms with van der Waals surface area (Å²) < 4.78 is 0. The number of nitrogens with zero attached hydrogens (tertiary/aromatic N) is 2. The molecule has 1 saturated carbocycles. The van der Waals surface area contributed by atoms with Gasteiger partial charge in [0.25, 0.3) is 5.91 Å². The van der Waals surface area contributed by atoms with Crippen LogP contribution < -0.4 is 5.73 Å². The Hall–Kier alpha value is -1.88. The highest BCUT2D eigenvalue weighted by molar-refractivity contribution is 6.04. The highest BCUT2D eigenvalue weighted by atomic mass is 16.1. The second kappa shape index (κ2) is 7.39. The fourth-order valence-electron chi connectivity index (χ4n) is 5.00. The first-order chi connectivity index (χ1) is 12.7. The van der Waals surface area contributed by atoms with Crippen LogP contribution in [0.2, 0.25) is 0 Å². The number of amides is 1. The van der Waals surface area contributed by atoms with Crippen LogP contribution in [0.1, 0.15) is 74.0 Å². The summed E-state index contributed by atoms with van der Waals surface area (Å²) in [6.45, 7) is 4.54. The number of benzene rings is 1. The number of rotatable bonds is 5. The summed E-state index contributed by atoms with van der Waals surface area (Å²) in [6.07, 6.45) is 9.35. The minimum absolute atomic E-state index is 0.400. The Balaban J connectivity index is 1.44. The minimum Gasteiger partial charge on any atom is -0.366 e. The molecule has 0 spiro atoms. The third-order valence-electron chi connectivity index (χ3n) is 6.44. The van der Waals surface area contributed by atoms with Crippen LogP contribution in [0.15, 0.2) is 18.2 Å². The van der Waals surface area contributed by atoms with Crippen LogP contribution in [0, 0.1) is 5.92 Å². The average molecular weight is 354 g/mol. The van der Waals surface area contributed by atoms with Crippen LogP contribution in [-0.4, -0.2) is 39.9 Å². The normalized spacial score (nSPS) is 27.2. The van der Waals surface area contributed by atoms with E-state index in [0.29, 0.717) is 11.5 Å². The van der Waals surface area contributed by atoms with Gasteiger partial charge in [0.05, 0.1) is 16.6 Å². The van der Waals surface area contributed by atoms with Gasteiger partial charge >= 0.3 is 0 Å². The van der Waals surface area contributed by atoms with Gasteiger partial charge in [-0.05, 0) is 56.7 Å². The number of imidazole rings is 1. The number of carbonyl (C=O) groups excluding carboxylic acids is 1. The maximum Gasteiger partial charge on any atom is 0.250 e. The van der Waals surface area contributed by atoms with E-state index in [0.717, 1.165) is 48.3 Å². The van der Waals surface area contributed by atoms with Gasteiger partial charge in [0.1, 0.15) is 5.82 Å². The largest absolute Gasteiger partial charge is 0.366 e. The van der Waals surface area contributed by atoms with Crippen molar-refractivity contribution in [3.63, 3.8) is 0 Å². The standard InChI is InChI=1S/C21H30N4O/c1-2-4-14-7-9-16(10-8-14)25-12-11-15(13-25)21-23-18-6-3-5-17(20(22)26)19(18)24-21/h3,5-6,14-16H,2,4,7-13H2,1H3,(H2,22,26)(H,23,24)/t14-,15?,16-. The molecular formula is C21H30N4O. The molecule has 140 valence electrons. The summed E-state index contributed by atoms with van der Waals surface area (Å²) in [6, 6.07) is 6.31. The zero-order chi connectivity index (χ0) is 18.1. The number of H-pyrrole nitrogens is 1. The summed E-state index contributed by atoms with van der Waals surface area (Å²) in [5.74, 6) is 1.99. The first-order valence-corrected chi connectivity index (χ1v) is 10.2. The summed E-state index contributed by atoms with van der Waals surface area (Å²) in [4.78, 5) is 22.5. The fraction of sp³-hybridized carbons (Fsp3) is 0.619. The van der Waals surface area contributed by atoms with E-state index in [9.17, 15) is 4.79 Å². The molecule has 1 aliphatic carbocycles. The summed E-state index contributed by atoms with van der Waals surface area (Å²) >= 11 is 0. The van der Waals surface area contributed by atoms with Crippen molar-refractivity contribution in [1.29, 1.82) is 0 Å². The summed E-state index contributed by atoms with van der Waals surface area (Å²) in [7, 11) is 0. The number of aromatic amines is 1. The number of likely N-dealkylation sites (tertiary alicyclic amines) is 1. The molecule has 5 nitrogen and oxygen atoms in total. The van der Waals surface area contributed by atoms with Crippen molar-refractivity contribution in [2.24, 2.45) is 11.7 Å². The lowest BCUT2D eigenvalue weighted by Crippen LogP contribution is -2.36. The lowest BCUT2D eigenvalue weighted by molar-refractivity contribution is 0.100. The number of nitrogens with one attached hydrogen (secondary N) is 1. The van der Waals surface area contributed by atoms with Crippen molar-refractivity contribution in [3.05, 3.63) is 29.6 Å². The second-order valence-electron chi connectivity index (χ2n) is 8.13. The Labute approximate surface area is 155 Å². The Morgan fingerprint density at radius 1 is 1.27 bits per heavy atom. The molecule has 4 rings (SSSR count). The van der Waals surface area contributed by atoms with Crippen molar-refractivity contribution >= 4 is 16.9 Å². The lowest BCUT2D eigenvalue weighted by Gasteiger charge is -2.34. The number of para-hydroxylation sites is 1. The first-order valence-electron chi connectivity index (χ1n) is 10.2. The Morgan fingerprint density at radius 3 is 2.81 bits per heavy atom. The van der Waals surface area contributed by atoms with E-state index in [-0.39, 0.29) is 0 Å². The van der Waals surface area contributed by atoms with E-state index in [2.05, 4.69) is 16.8 Å².